The molecule has 0 bridgehead atoms. The average molecular weight is 393 g/mol. The van der Waals surface area contributed by atoms with Crippen LogP contribution in [0.2, 0.25) is 0 Å². The lowest BCUT2D eigenvalue weighted by atomic mass is 10.1. The second-order valence-electron chi connectivity index (χ2n) is 6.36. The number of rotatable bonds is 9. The second-order valence-corrected chi connectivity index (χ2v) is 7.30. The Hall–Kier alpha value is -2.86. The second kappa shape index (κ2) is 9.90. The maximum absolute atomic E-state index is 12.3. The lowest BCUT2D eigenvalue weighted by molar-refractivity contribution is -0.113. The molecule has 3 aromatic rings. The molecule has 1 heterocycles. The molecule has 0 unspecified atom stereocenters. The fraction of sp³-hybridized carbons (Fsp3) is 0.227. The van der Waals surface area contributed by atoms with Crippen molar-refractivity contribution in [3.05, 3.63) is 72.8 Å². The molecule has 0 saturated heterocycles. The van der Waals surface area contributed by atoms with E-state index in [1.54, 1.807) is 6.08 Å². The van der Waals surface area contributed by atoms with Gasteiger partial charge in [-0.25, -0.2) is 0 Å². The van der Waals surface area contributed by atoms with Crippen LogP contribution >= 0.6 is 11.8 Å². The maximum Gasteiger partial charge on any atom is 0.234 e. The number of benzene rings is 2. The summed E-state index contributed by atoms with van der Waals surface area (Å²) >= 11 is 1.37. The SMILES string of the molecule is C=CCn1c(SCC(=O)Nc2ccc(CCC)cc2)nnc1-c1ccccc1. The Morgan fingerprint density at radius 2 is 1.89 bits per heavy atom. The molecule has 0 radical (unpaired) electrons. The largest absolute Gasteiger partial charge is 0.325 e. The molecule has 5 nitrogen and oxygen atoms in total. The number of nitrogens with zero attached hydrogens (tertiary/aromatic N) is 3. The monoisotopic (exact) mass is 392 g/mol. The van der Waals surface area contributed by atoms with Crippen molar-refractivity contribution in [2.24, 2.45) is 0 Å². The molecule has 1 aromatic heterocycles. The summed E-state index contributed by atoms with van der Waals surface area (Å²) in [5.74, 6) is 0.971. The van der Waals surface area contributed by atoms with Gasteiger partial charge >= 0.3 is 0 Å². The van der Waals surface area contributed by atoms with Crippen molar-refractivity contribution in [1.29, 1.82) is 0 Å². The molecule has 3 rings (SSSR count). The first-order valence-corrected chi connectivity index (χ1v) is 10.3. The molecule has 1 amide bonds. The van der Waals surface area contributed by atoms with Crippen LogP contribution in [0.5, 0.6) is 0 Å². The average Bonchev–Trinajstić information content (AvgIpc) is 3.12. The number of anilines is 1. The normalized spacial score (nSPS) is 10.6. The van der Waals surface area contributed by atoms with Crippen LogP contribution in [0.4, 0.5) is 5.69 Å². The first-order chi connectivity index (χ1) is 13.7. The Morgan fingerprint density at radius 1 is 1.14 bits per heavy atom. The third-order valence-corrected chi connectivity index (χ3v) is 5.14. The summed E-state index contributed by atoms with van der Waals surface area (Å²) in [5, 5.41) is 12.2. The number of carbonyl (C=O) groups excluding carboxylic acids is 1. The molecule has 0 aliphatic heterocycles. The van der Waals surface area contributed by atoms with Crippen molar-refractivity contribution in [1.82, 2.24) is 14.8 Å². The number of hydrogen-bond donors (Lipinski definition) is 1. The van der Waals surface area contributed by atoms with Crippen molar-refractivity contribution in [3.63, 3.8) is 0 Å². The zero-order chi connectivity index (χ0) is 19.8. The van der Waals surface area contributed by atoms with Crippen LogP contribution in [0.25, 0.3) is 11.4 Å². The van der Waals surface area contributed by atoms with E-state index in [1.807, 2.05) is 47.0 Å². The fourth-order valence-electron chi connectivity index (χ4n) is 2.86. The van der Waals surface area contributed by atoms with Crippen LogP contribution in [-0.4, -0.2) is 26.4 Å². The molecule has 0 atom stereocenters. The molecule has 0 aliphatic rings. The van der Waals surface area contributed by atoms with Gasteiger partial charge in [0.05, 0.1) is 5.75 Å². The van der Waals surface area contributed by atoms with E-state index in [-0.39, 0.29) is 11.7 Å². The van der Waals surface area contributed by atoms with Crippen LogP contribution in [-0.2, 0) is 17.8 Å². The highest BCUT2D eigenvalue weighted by molar-refractivity contribution is 7.99. The minimum Gasteiger partial charge on any atom is -0.325 e. The summed E-state index contributed by atoms with van der Waals surface area (Å²) in [6.45, 7) is 6.56. The highest BCUT2D eigenvalue weighted by Gasteiger charge is 2.14. The number of aromatic nitrogens is 3. The van der Waals surface area contributed by atoms with Gasteiger partial charge in [-0.05, 0) is 24.1 Å². The fourth-order valence-corrected chi connectivity index (χ4v) is 3.61. The van der Waals surface area contributed by atoms with Gasteiger partial charge in [0.1, 0.15) is 0 Å². The quantitative estimate of drug-likeness (QED) is 0.419. The van der Waals surface area contributed by atoms with E-state index in [2.05, 4.69) is 41.1 Å². The summed E-state index contributed by atoms with van der Waals surface area (Å²) in [4.78, 5) is 12.3. The van der Waals surface area contributed by atoms with E-state index in [1.165, 1.54) is 17.3 Å². The molecular formula is C22H24N4OS. The maximum atomic E-state index is 12.3. The van der Waals surface area contributed by atoms with Gasteiger partial charge < -0.3 is 5.32 Å². The summed E-state index contributed by atoms with van der Waals surface area (Å²) in [7, 11) is 0. The summed E-state index contributed by atoms with van der Waals surface area (Å²) < 4.78 is 1.97. The van der Waals surface area contributed by atoms with E-state index in [9.17, 15) is 4.79 Å². The third-order valence-electron chi connectivity index (χ3n) is 4.17. The van der Waals surface area contributed by atoms with Gasteiger partial charge in [-0.3, -0.25) is 9.36 Å². The molecule has 0 saturated carbocycles. The molecule has 0 spiro atoms. The molecule has 2 aromatic carbocycles. The standard InChI is InChI=1S/C22H24N4OS/c1-3-8-17-11-13-19(14-12-17)23-20(27)16-28-22-25-24-21(26(22)15-4-2)18-9-6-5-7-10-18/h4-7,9-14H,2-3,8,15-16H2,1H3,(H,23,27). The number of thioether (sulfide) groups is 1. The molecule has 1 N–H and O–H groups in total. The molecule has 0 fully saturated rings. The third kappa shape index (κ3) is 5.10. The van der Waals surface area contributed by atoms with Gasteiger partial charge in [0, 0.05) is 17.8 Å². The molecule has 6 heteroatoms. The Bertz CT molecular complexity index is 919. The summed E-state index contributed by atoms with van der Waals surface area (Å²) in [5.41, 5.74) is 3.07. The minimum atomic E-state index is -0.0670. The first-order valence-electron chi connectivity index (χ1n) is 9.32. The first kappa shape index (κ1) is 19.9. The van der Waals surface area contributed by atoms with E-state index >= 15 is 0 Å². The lowest BCUT2D eigenvalue weighted by Crippen LogP contribution is -2.14. The Morgan fingerprint density at radius 3 is 2.57 bits per heavy atom. The molecular weight excluding hydrogens is 368 g/mol. The molecule has 144 valence electrons. The van der Waals surface area contributed by atoms with Gasteiger partial charge in [0.25, 0.3) is 0 Å². The van der Waals surface area contributed by atoms with Gasteiger partial charge in [0.15, 0.2) is 11.0 Å². The zero-order valence-electron chi connectivity index (χ0n) is 16.0. The summed E-state index contributed by atoms with van der Waals surface area (Å²) in [6.07, 6.45) is 3.96. The summed E-state index contributed by atoms with van der Waals surface area (Å²) in [6, 6.07) is 17.9. The topological polar surface area (TPSA) is 59.8 Å². The van der Waals surface area contributed by atoms with Crippen LogP contribution in [0, 0.1) is 0 Å². The van der Waals surface area contributed by atoms with Crippen LogP contribution < -0.4 is 5.32 Å². The van der Waals surface area contributed by atoms with E-state index in [4.69, 9.17) is 0 Å². The highest BCUT2D eigenvalue weighted by atomic mass is 32.2. The Balaban J connectivity index is 1.64. The Labute approximate surface area is 169 Å². The van der Waals surface area contributed by atoms with Gasteiger partial charge in [0.2, 0.25) is 5.91 Å². The molecule has 28 heavy (non-hydrogen) atoms. The smallest absolute Gasteiger partial charge is 0.234 e. The van der Waals surface area contributed by atoms with Gasteiger partial charge in [-0.15, -0.1) is 16.8 Å². The van der Waals surface area contributed by atoms with E-state index < -0.39 is 0 Å². The minimum absolute atomic E-state index is 0.0670. The number of amides is 1. The van der Waals surface area contributed by atoms with Crippen molar-refractivity contribution in [2.75, 3.05) is 11.1 Å². The van der Waals surface area contributed by atoms with Crippen LogP contribution in [0.15, 0.2) is 72.4 Å². The predicted molar refractivity (Wildman–Crippen MR) is 115 cm³/mol. The van der Waals surface area contributed by atoms with Gasteiger partial charge in [-0.1, -0.05) is 73.6 Å². The van der Waals surface area contributed by atoms with Gasteiger partial charge in [-0.2, -0.15) is 0 Å². The number of hydrogen-bond acceptors (Lipinski definition) is 4. The lowest BCUT2D eigenvalue weighted by Gasteiger charge is -2.08. The van der Waals surface area contributed by atoms with Crippen molar-refractivity contribution in [3.8, 4) is 11.4 Å². The van der Waals surface area contributed by atoms with E-state index in [0.29, 0.717) is 11.7 Å². The van der Waals surface area contributed by atoms with E-state index in [0.717, 1.165) is 29.9 Å². The number of aryl methyl sites for hydroxylation is 1. The predicted octanol–water partition coefficient (Wildman–Crippen LogP) is 4.81. The highest BCUT2D eigenvalue weighted by Crippen LogP contribution is 2.24. The van der Waals surface area contributed by atoms with Crippen molar-refractivity contribution < 1.29 is 4.79 Å². The van der Waals surface area contributed by atoms with Crippen molar-refractivity contribution >= 4 is 23.4 Å². The van der Waals surface area contributed by atoms with Crippen molar-refractivity contribution in [2.45, 2.75) is 31.5 Å². The zero-order valence-corrected chi connectivity index (χ0v) is 16.8. The van der Waals surface area contributed by atoms with Crippen LogP contribution in [0.1, 0.15) is 18.9 Å². The number of allylic oxidation sites excluding steroid dienone is 1. The number of carbonyl (C=O) groups is 1. The molecule has 0 aliphatic carbocycles. The number of nitrogens with one attached hydrogen (secondary N) is 1. The Kier molecular flexibility index (Phi) is 7.03. The van der Waals surface area contributed by atoms with Crippen LogP contribution in [0.3, 0.4) is 0 Å².